The first-order valence-electron chi connectivity index (χ1n) is 5.31. The van der Waals surface area contributed by atoms with Gasteiger partial charge in [-0.3, -0.25) is 4.98 Å². The quantitative estimate of drug-likeness (QED) is 0.664. The van der Waals surface area contributed by atoms with Crippen LogP contribution in [0.1, 0.15) is 28.9 Å². The van der Waals surface area contributed by atoms with Crippen LogP contribution in [0.25, 0.3) is 0 Å². The third-order valence-corrected chi connectivity index (χ3v) is 3.21. The summed E-state index contributed by atoms with van der Waals surface area (Å²) in [5.41, 5.74) is 0.257. The number of hydrogen-bond donors (Lipinski definition) is 1. The molecule has 16 heavy (non-hydrogen) atoms. The normalized spacial score (nSPS) is 21.9. The minimum absolute atomic E-state index is 0.280. The molecule has 3 rings (SSSR count). The number of aromatic nitrogens is 1. The summed E-state index contributed by atoms with van der Waals surface area (Å²) < 4.78 is 18.4. The van der Waals surface area contributed by atoms with Gasteiger partial charge >= 0.3 is 5.97 Å². The van der Waals surface area contributed by atoms with E-state index in [1.165, 1.54) is 6.07 Å². The van der Waals surface area contributed by atoms with E-state index in [-0.39, 0.29) is 5.56 Å². The zero-order valence-corrected chi connectivity index (χ0v) is 8.62. The average molecular weight is 222 g/mol. The number of piperidine rings is 1. The molecule has 2 aliphatic rings. The second kappa shape index (κ2) is 3.25. The van der Waals surface area contributed by atoms with Gasteiger partial charge in [-0.25, -0.2) is 9.18 Å². The summed E-state index contributed by atoms with van der Waals surface area (Å²) in [6, 6.07) is 1.21. The molecule has 0 radical (unpaired) electrons. The minimum atomic E-state index is -0.620. The highest BCUT2D eigenvalue weighted by molar-refractivity contribution is 5.94. The molecule has 3 heterocycles. The van der Waals surface area contributed by atoms with E-state index in [4.69, 9.17) is 4.74 Å². The number of carbonyl (C=O) groups excluding carboxylic acids is 1. The summed E-state index contributed by atoms with van der Waals surface area (Å²) in [5, 5.41) is 3.20. The Kier molecular flexibility index (Phi) is 1.97. The minimum Gasteiger partial charge on any atom is -0.449 e. The second-order valence-corrected chi connectivity index (χ2v) is 4.18. The number of hydrogen-bond acceptors (Lipinski definition) is 4. The SMILES string of the molecule is O=C1OC2(CCNCC2)c2ncc(F)cc21. The molecule has 0 unspecified atom stereocenters. The third-order valence-electron chi connectivity index (χ3n) is 3.21. The first-order chi connectivity index (χ1) is 7.71. The summed E-state index contributed by atoms with van der Waals surface area (Å²) in [6.07, 6.45) is 2.54. The lowest BCUT2D eigenvalue weighted by Gasteiger charge is -2.32. The summed E-state index contributed by atoms with van der Waals surface area (Å²) in [4.78, 5) is 15.7. The van der Waals surface area contributed by atoms with Crippen molar-refractivity contribution in [2.45, 2.75) is 18.4 Å². The zero-order valence-electron chi connectivity index (χ0n) is 8.62. The lowest BCUT2D eigenvalue weighted by molar-refractivity contribution is -0.0260. The van der Waals surface area contributed by atoms with Gasteiger partial charge in [0.15, 0.2) is 5.60 Å². The number of ether oxygens (including phenoxy) is 1. The van der Waals surface area contributed by atoms with Crippen molar-refractivity contribution in [3.05, 3.63) is 29.3 Å². The maximum Gasteiger partial charge on any atom is 0.341 e. The van der Waals surface area contributed by atoms with E-state index in [0.717, 1.165) is 19.3 Å². The summed E-state index contributed by atoms with van der Waals surface area (Å²) in [5.74, 6) is -0.953. The van der Waals surface area contributed by atoms with Crippen molar-refractivity contribution in [3.8, 4) is 0 Å². The van der Waals surface area contributed by atoms with Crippen LogP contribution in [-0.4, -0.2) is 24.0 Å². The standard InChI is InChI=1S/C11H11FN2O2/c12-7-5-8-9(14-6-7)11(16-10(8)15)1-3-13-4-2-11/h5-6,13H,1-4H2. The summed E-state index contributed by atoms with van der Waals surface area (Å²) in [6.45, 7) is 1.57. The van der Waals surface area contributed by atoms with Crippen molar-refractivity contribution in [1.82, 2.24) is 10.3 Å². The lowest BCUT2D eigenvalue weighted by atomic mass is 9.88. The van der Waals surface area contributed by atoms with Crippen LogP contribution in [0.5, 0.6) is 0 Å². The highest BCUT2D eigenvalue weighted by Crippen LogP contribution is 2.41. The topological polar surface area (TPSA) is 51.2 Å². The van der Waals surface area contributed by atoms with Crippen LogP contribution in [-0.2, 0) is 10.3 Å². The van der Waals surface area contributed by atoms with Gasteiger partial charge in [-0.15, -0.1) is 0 Å². The molecule has 1 saturated heterocycles. The fraction of sp³-hybridized carbons (Fsp3) is 0.455. The van der Waals surface area contributed by atoms with Crippen LogP contribution >= 0.6 is 0 Å². The van der Waals surface area contributed by atoms with Crippen molar-refractivity contribution in [3.63, 3.8) is 0 Å². The van der Waals surface area contributed by atoms with E-state index in [0.29, 0.717) is 18.5 Å². The van der Waals surface area contributed by atoms with Crippen molar-refractivity contribution in [1.29, 1.82) is 0 Å². The number of nitrogens with zero attached hydrogens (tertiary/aromatic N) is 1. The zero-order chi connectivity index (χ0) is 11.2. The molecule has 0 aromatic carbocycles. The molecule has 4 nitrogen and oxygen atoms in total. The molecule has 84 valence electrons. The Balaban J connectivity index is 2.11. The maximum absolute atomic E-state index is 13.0. The number of nitrogens with one attached hydrogen (secondary N) is 1. The molecule has 1 aromatic heterocycles. The van der Waals surface area contributed by atoms with Crippen LogP contribution in [0.2, 0.25) is 0 Å². The van der Waals surface area contributed by atoms with Crippen molar-refractivity contribution < 1.29 is 13.9 Å². The lowest BCUT2D eigenvalue weighted by Crippen LogP contribution is -2.40. The smallest absolute Gasteiger partial charge is 0.341 e. The molecule has 2 aliphatic heterocycles. The third kappa shape index (κ3) is 1.24. The average Bonchev–Trinajstić information content (AvgIpc) is 2.53. The van der Waals surface area contributed by atoms with E-state index in [1.54, 1.807) is 0 Å². The van der Waals surface area contributed by atoms with Gasteiger partial charge < -0.3 is 10.1 Å². The molecule has 0 atom stereocenters. The summed E-state index contributed by atoms with van der Waals surface area (Å²) >= 11 is 0. The van der Waals surface area contributed by atoms with Gasteiger partial charge in [0.2, 0.25) is 0 Å². The first kappa shape index (κ1) is 9.72. The highest BCUT2D eigenvalue weighted by atomic mass is 19.1. The molecular weight excluding hydrogens is 211 g/mol. The predicted octanol–water partition coefficient (Wildman–Crippen LogP) is 0.970. The van der Waals surface area contributed by atoms with E-state index in [1.807, 2.05) is 0 Å². The molecule has 0 bridgehead atoms. The van der Waals surface area contributed by atoms with Crippen LogP contribution in [0, 0.1) is 5.82 Å². The van der Waals surface area contributed by atoms with E-state index >= 15 is 0 Å². The molecule has 1 aromatic rings. The highest BCUT2D eigenvalue weighted by Gasteiger charge is 2.47. The van der Waals surface area contributed by atoms with Crippen molar-refractivity contribution >= 4 is 5.97 Å². The summed E-state index contributed by atoms with van der Waals surface area (Å²) in [7, 11) is 0. The van der Waals surface area contributed by atoms with Crippen LogP contribution in [0.15, 0.2) is 12.3 Å². The Morgan fingerprint density at radius 2 is 2.19 bits per heavy atom. The fourth-order valence-electron chi connectivity index (χ4n) is 2.41. The van der Waals surface area contributed by atoms with Gasteiger partial charge in [-0.2, -0.15) is 0 Å². The number of halogens is 1. The molecule has 1 spiro atoms. The Bertz CT molecular complexity index is 455. The van der Waals surface area contributed by atoms with Gasteiger partial charge in [0.1, 0.15) is 5.82 Å². The number of pyridine rings is 1. The van der Waals surface area contributed by atoms with Gasteiger partial charge in [-0.05, 0) is 19.2 Å². The molecule has 0 amide bonds. The van der Waals surface area contributed by atoms with E-state index in [9.17, 15) is 9.18 Å². The number of carbonyl (C=O) groups is 1. The molecule has 5 heteroatoms. The largest absolute Gasteiger partial charge is 0.449 e. The van der Waals surface area contributed by atoms with Gasteiger partial charge in [0, 0.05) is 12.8 Å². The Morgan fingerprint density at radius 3 is 2.94 bits per heavy atom. The Labute approximate surface area is 91.8 Å². The second-order valence-electron chi connectivity index (χ2n) is 4.18. The molecule has 0 aliphatic carbocycles. The van der Waals surface area contributed by atoms with Crippen LogP contribution in [0.4, 0.5) is 4.39 Å². The van der Waals surface area contributed by atoms with Crippen molar-refractivity contribution in [2.75, 3.05) is 13.1 Å². The van der Waals surface area contributed by atoms with Gasteiger partial charge in [-0.1, -0.05) is 0 Å². The molecule has 0 saturated carbocycles. The number of fused-ring (bicyclic) bond motifs is 2. The fourth-order valence-corrected chi connectivity index (χ4v) is 2.41. The number of esters is 1. The Morgan fingerprint density at radius 1 is 1.44 bits per heavy atom. The number of rotatable bonds is 0. The molecular formula is C11H11FN2O2. The Hall–Kier alpha value is -1.49. The van der Waals surface area contributed by atoms with Crippen LogP contribution in [0.3, 0.4) is 0 Å². The van der Waals surface area contributed by atoms with Crippen molar-refractivity contribution in [2.24, 2.45) is 0 Å². The van der Waals surface area contributed by atoms with Gasteiger partial charge in [0.05, 0.1) is 17.5 Å². The van der Waals surface area contributed by atoms with Gasteiger partial charge in [0.25, 0.3) is 0 Å². The van der Waals surface area contributed by atoms with E-state index in [2.05, 4.69) is 10.3 Å². The first-order valence-corrected chi connectivity index (χ1v) is 5.31. The van der Waals surface area contributed by atoms with Crippen LogP contribution < -0.4 is 5.32 Å². The predicted molar refractivity (Wildman–Crippen MR) is 53.4 cm³/mol. The monoisotopic (exact) mass is 222 g/mol. The van der Waals surface area contributed by atoms with E-state index < -0.39 is 17.4 Å². The molecule has 1 N–H and O–H groups in total. The molecule has 1 fully saturated rings. The maximum atomic E-state index is 13.0.